The minimum absolute atomic E-state index is 0.00790. The van der Waals surface area contributed by atoms with Crippen LogP contribution >= 0.6 is 0 Å². The zero-order chi connectivity index (χ0) is 18.9. The second-order valence-electron chi connectivity index (χ2n) is 7.57. The normalized spacial score (nSPS) is 26.7. The average Bonchev–Trinajstić information content (AvgIpc) is 3.21. The highest BCUT2D eigenvalue weighted by Crippen LogP contribution is 2.38. The molecule has 1 saturated heterocycles. The molecule has 0 aromatic heterocycles. The molecule has 3 atom stereocenters. The third-order valence-electron chi connectivity index (χ3n) is 6.02. The molecule has 1 aromatic carbocycles. The first-order chi connectivity index (χ1) is 12.4. The number of nitrogens with zero attached hydrogens (tertiary/aromatic N) is 2. The standard InChI is InChI=1S/C21H26N2O3/c1-15(13-16-9-7-8-10-16)21(2)19(25)23(20(26)22(21)3)14-18(24)17-11-5-4-6-12-17/h4-7,9,11-12,15-16H,8,10,13-14H2,1-3H3/t15?,16-,21?/m1/s1. The molecule has 2 aliphatic rings. The molecule has 2 unspecified atom stereocenters. The van der Waals surface area contributed by atoms with Gasteiger partial charge in [-0.3, -0.25) is 14.5 Å². The van der Waals surface area contributed by atoms with Crippen molar-refractivity contribution in [2.75, 3.05) is 13.6 Å². The van der Waals surface area contributed by atoms with Crippen LogP contribution in [0.2, 0.25) is 0 Å². The quantitative estimate of drug-likeness (QED) is 0.446. The maximum absolute atomic E-state index is 13.1. The summed E-state index contributed by atoms with van der Waals surface area (Å²) in [5.41, 5.74) is -0.404. The van der Waals surface area contributed by atoms with Crippen LogP contribution in [0.4, 0.5) is 4.79 Å². The molecule has 5 heteroatoms. The van der Waals surface area contributed by atoms with Crippen molar-refractivity contribution in [3.63, 3.8) is 0 Å². The highest BCUT2D eigenvalue weighted by atomic mass is 16.2. The van der Waals surface area contributed by atoms with Gasteiger partial charge in [-0.1, -0.05) is 49.4 Å². The Kier molecular flexibility index (Phi) is 4.99. The number of allylic oxidation sites excluding steroid dienone is 2. The lowest BCUT2D eigenvalue weighted by Crippen LogP contribution is -2.51. The Bertz CT molecular complexity index is 743. The van der Waals surface area contributed by atoms with E-state index in [1.807, 2.05) is 19.9 Å². The van der Waals surface area contributed by atoms with E-state index in [1.165, 1.54) is 4.90 Å². The smallest absolute Gasteiger partial charge is 0.313 e. The number of hydrogen-bond donors (Lipinski definition) is 0. The fourth-order valence-electron chi connectivity index (χ4n) is 4.00. The van der Waals surface area contributed by atoms with Crippen molar-refractivity contribution in [3.8, 4) is 0 Å². The van der Waals surface area contributed by atoms with Crippen molar-refractivity contribution < 1.29 is 14.4 Å². The molecule has 0 radical (unpaired) electrons. The number of amides is 3. The predicted molar refractivity (Wildman–Crippen MR) is 99.7 cm³/mol. The number of benzene rings is 1. The molecule has 1 heterocycles. The third-order valence-corrected chi connectivity index (χ3v) is 6.02. The van der Waals surface area contributed by atoms with E-state index in [0.29, 0.717) is 11.5 Å². The minimum Gasteiger partial charge on any atom is -0.313 e. The average molecular weight is 354 g/mol. The summed E-state index contributed by atoms with van der Waals surface area (Å²) in [5.74, 6) is -0.0354. The van der Waals surface area contributed by atoms with Gasteiger partial charge >= 0.3 is 6.03 Å². The van der Waals surface area contributed by atoms with Crippen molar-refractivity contribution in [2.24, 2.45) is 11.8 Å². The Morgan fingerprint density at radius 2 is 1.96 bits per heavy atom. The van der Waals surface area contributed by atoms with Crippen molar-refractivity contribution in [1.82, 2.24) is 9.80 Å². The molecular formula is C21H26N2O3. The molecular weight excluding hydrogens is 328 g/mol. The Balaban J connectivity index is 1.77. The highest BCUT2D eigenvalue weighted by Gasteiger charge is 2.55. The van der Waals surface area contributed by atoms with Crippen molar-refractivity contribution in [3.05, 3.63) is 48.0 Å². The van der Waals surface area contributed by atoms with E-state index in [-0.39, 0.29) is 24.2 Å². The van der Waals surface area contributed by atoms with Gasteiger partial charge in [-0.15, -0.1) is 0 Å². The largest absolute Gasteiger partial charge is 0.327 e. The van der Waals surface area contributed by atoms with Gasteiger partial charge in [0.1, 0.15) is 5.54 Å². The second kappa shape index (κ2) is 7.06. The highest BCUT2D eigenvalue weighted by molar-refractivity contribution is 6.11. The monoisotopic (exact) mass is 354 g/mol. The van der Waals surface area contributed by atoms with E-state index in [0.717, 1.165) is 24.2 Å². The van der Waals surface area contributed by atoms with E-state index < -0.39 is 11.6 Å². The molecule has 138 valence electrons. The SMILES string of the molecule is CC(C[C@@H]1C=CCC1)C1(C)C(=O)N(CC(=O)c2ccccc2)C(=O)N1C. The van der Waals surface area contributed by atoms with Gasteiger partial charge in [0.05, 0.1) is 6.54 Å². The van der Waals surface area contributed by atoms with Crippen LogP contribution in [0.1, 0.15) is 43.5 Å². The summed E-state index contributed by atoms with van der Waals surface area (Å²) in [6, 6.07) is 8.38. The maximum atomic E-state index is 13.1. The van der Waals surface area contributed by atoms with E-state index in [9.17, 15) is 14.4 Å². The maximum Gasteiger partial charge on any atom is 0.327 e. The predicted octanol–water partition coefficient (Wildman–Crippen LogP) is 3.51. The van der Waals surface area contributed by atoms with Crippen LogP contribution in [0.15, 0.2) is 42.5 Å². The van der Waals surface area contributed by atoms with Gasteiger partial charge in [0.25, 0.3) is 5.91 Å². The molecule has 26 heavy (non-hydrogen) atoms. The summed E-state index contributed by atoms with van der Waals surface area (Å²) < 4.78 is 0. The molecule has 0 bridgehead atoms. The molecule has 1 aliphatic carbocycles. The topological polar surface area (TPSA) is 57.7 Å². The molecule has 0 spiro atoms. The summed E-state index contributed by atoms with van der Waals surface area (Å²) in [6.45, 7) is 3.64. The van der Waals surface area contributed by atoms with Gasteiger partial charge in [-0.05, 0) is 38.0 Å². The number of urea groups is 1. The first-order valence-corrected chi connectivity index (χ1v) is 9.20. The molecule has 0 N–H and O–H groups in total. The molecule has 3 rings (SSSR count). The molecule has 1 aromatic rings. The summed E-state index contributed by atoms with van der Waals surface area (Å²) >= 11 is 0. The Morgan fingerprint density at radius 1 is 1.27 bits per heavy atom. The fraction of sp³-hybridized carbons (Fsp3) is 0.476. The lowest BCUT2D eigenvalue weighted by Gasteiger charge is -2.35. The second-order valence-corrected chi connectivity index (χ2v) is 7.57. The molecule has 5 nitrogen and oxygen atoms in total. The van der Waals surface area contributed by atoms with Crippen LogP contribution in [-0.4, -0.2) is 46.7 Å². The van der Waals surface area contributed by atoms with Gasteiger partial charge in [-0.2, -0.15) is 0 Å². The van der Waals surface area contributed by atoms with Crippen LogP contribution in [0, 0.1) is 11.8 Å². The van der Waals surface area contributed by atoms with Gasteiger partial charge in [0.2, 0.25) is 0 Å². The first-order valence-electron chi connectivity index (χ1n) is 9.20. The number of Topliss-reactive ketones (excluding diaryl/α,β-unsaturated/α-hetero) is 1. The summed E-state index contributed by atoms with van der Waals surface area (Å²) in [5, 5.41) is 0. The van der Waals surface area contributed by atoms with Gasteiger partial charge in [0.15, 0.2) is 5.78 Å². The van der Waals surface area contributed by atoms with Gasteiger partial charge < -0.3 is 4.90 Å². The van der Waals surface area contributed by atoms with E-state index >= 15 is 0 Å². The molecule has 3 amide bonds. The molecule has 1 fully saturated rings. The number of hydrogen-bond acceptors (Lipinski definition) is 3. The number of ketones is 1. The van der Waals surface area contributed by atoms with E-state index in [4.69, 9.17) is 0 Å². The summed E-state index contributed by atoms with van der Waals surface area (Å²) in [7, 11) is 1.66. The van der Waals surface area contributed by atoms with Crippen LogP contribution in [0.25, 0.3) is 0 Å². The lowest BCUT2D eigenvalue weighted by molar-refractivity contribution is -0.134. The van der Waals surface area contributed by atoms with Crippen LogP contribution in [-0.2, 0) is 4.79 Å². The number of imide groups is 1. The zero-order valence-electron chi connectivity index (χ0n) is 15.6. The van der Waals surface area contributed by atoms with Crippen LogP contribution in [0.5, 0.6) is 0 Å². The number of carbonyl (C=O) groups excluding carboxylic acids is 3. The fourth-order valence-corrected chi connectivity index (χ4v) is 4.00. The Morgan fingerprint density at radius 3 is 2.58 bits per heavy atom. The zero-order valence-corrected chi connectivity index (χ0v) is 15.6. The van der Waals surface area contributed by atoms with E-state index in [2.05, 4.69) is 12.2 Å². The molecule has 1 aliphatic heterocycles. The third kappa shape index (κ3) is 3.06. The summed E-state index contributed by atoms with van der Waals surface area (Å²) in [6.07, 6.45) is 7.42. The summed E-state index contributed by atoms with van der Waals surface area (Å²) in [4.78, 5) is 40.9. The van der Waals surface area contributed by atoms with E-state index in [1.54, 1.807) is 31.3 Å². The van der Waals surface area contributed by atoms with Crippen molar-refractivity contribution in [2.45, 2.75) is 38.6 Å². The molecule has 0 saturated carbocycles. The van der Waals surface area contributed by atoms with Gasteiger partial charge in [-0.25, -0.2) is 4.79 Å². The van der Waals surface area contributed by atoms with Gasteiger partial charge in [0, 0.05) is 12.6 Å². The number of carbonyl (C=O) groups is 3. The Labute approximate surface area is 154 Å². The van der Waals surface area contributed by atoms with Crippen LogP contribution < -0.4 is 0 Å². The number of rotatable bonds is 6. The Hall–Kier alpha value is -2.43. The van der Waals surface area contributed by atoms with Crippen molar-refractivity contribution >= 4 is 17.7 Å². The number of likely N-dealkylation sites (N-methyl/N-ethyl adjacent to an activating group) is 1. The lowest BCUT2D eigenvalue weighted by atomic mass is 9.79. The minimum atomic E-state index is -0.912. The van der Waals surface area contributed by atoms with Crippen molar-refractivity contribution in [1.29, 1.82) is 0 Å². The van der Waals surface area contributed by atoms with Crippen LogP contribution in [0.3, 0.4) is 0 Å². The first kappa shape index (κ1) is 18.4.